The quantitative estimate of drug-likeness (QED) is 0.507. The van der Waals surface area contributed by atoms with Gasteiger partial charge in [0.2, 0.25) is 15.9 Å². The van der Waals surface area contributed by atoms with Crippen molar-refractivity contribution in [3.05, 3.63) is 94.0 Å². The number of halogens is 4. The van der Waals surface area contributed by atoms with Crippen molar-refractivity contribution in [2.75, 3.05) is 11.9 Å². The van der Waals surface area contributed by atoms with Crippen molar-refractivity contribution in [3.63, 3.8) is 0 Å². The molecule has 5 nitrogen and oxygen atoms in total. The Morgan fingerprint density at radius 3 is 2.32 bits per heavy atom. The highest BCUT2D eigenvalue weighted by Gasteiger charge is 2.29. The zero-order valence-corrected chi connectivity index (χ0v) is 18.2. The minimum atomic E-state index is -4.23. The highest BCUT2D eigenvalue weighted by Crippen LogP contribution is 2.28. The number of hydrogen-bond donors (Lipinski definition) is 1. The van der Waals surface area contributed by atoms with Gasteiger partial charge in [-0.25, -0.2) is 17.2 Å². The molecule has 162 valence electrons. The van der Waals surface area contributed by atoms with E-state index in [9.17, 15) is 22.0 Å². The van der Waals surface area contributed by atoms with E-state index in [0.717, 1.165) is 16.4 Å². The fourth-order valence-electron chi connectivity index (χ4n) is 2.76. The second-order valence-electron chi connectivity index (χ2n) is 6.51. The number of hydrogen-bond acceptors (Lipinski definition) is 3. The fourth-order valence-corrected chi connectivity index (χ4v) is 4.88. The van der Waals surface area contributed by atoms with Crippen molar-refractivity contribution < 1.29 is 22.0 Å². The van der Waals surface area contributed by atoms with E-state index in [2.05, 4.69) is 5.32 Å². The smallest absolute Gasteiger partial charge is 0.245 e. The van der Waals surface area contributed by atoms with Crippen LogP contribution in [0.25, 0.3) is 0 Å². The van der Waals surface area contributed by atoms with E-state index in [0.29, 0.717) is 5.56 Å². The first-order valence-corrected chi connectivity index (χ1v) is 11.1. The van der Waals surface area contributed by atoms with E-state index < -0.39 is 34.1 Å². The van der Waals surface area contributed by atoms with E-state index in [1.54, 1.807) is 30.3 Å². The van der Waals surface area contributed by atoms with Crippen LogP contribution in [-0.2, 0) is 21.4 Å². The largest absolute Gasteiger partial charge is 0.325 e. The van der Waals surface area contributed by atoms with Crippen molar-refractivity contribution in [2.24, 2.45) is 0 Å². The van der Waals surface area contributed by atoms with Crippen molar-refractivity contribution in [1.29, 1.82) is 0 Å². The summed E-state index contributed by atoms with van der Waals surface area (Å²) in [5, 5.41) is 2.47. The molecule has 0 aliphatic carbocycles. The first-order chi connectivity index (χ1) is 14.7. The number of nitrogens with zero attached hydrogens (tertiary/aromatic N) is 1. The number of benzene rings is 3. The van der Waals surface area contributed by atoms with Gasteiger partial charge in [0, 0.05) is 23.3 Å². The number of sulfonamides is 1. The standard InChI is InChI=1S/C21H16Cl2F2N2O3S/c22-15-6-8-17(23)20(10-15)31(29,30)27(12-14-4-2-1-3-5-14)13-21(28)26-16-7-9-18(24)19(25)11-16/h1-11H,12-13H2,(H,26,28). The maximum Gasteiger partial charge on any atom is 0.245 e. The molecule has 3 aromatic carbocycles. The fraction of sp³-hybridized carbons (Fsp3) is 0.0952. The van der Waals surface area contributed by atoms with Crippen molar-refractivity contribution >= 4 is 44.8 Å². The summed E-state index contributed by atoms with van der Waals surface area (Å²) in [6.07, 6.45) is 0. The minimum Gasteiger partial charge on any atom is -0.325 e. The summed E-state index contributed by atoms with van der Waals surface area (Å²) in [6.45, 7) is -0.726. The molecular formula is C21H16Cl2F2N2O3S. The SMILES string of the molecule is O=C(CN(Cc1ccccc1)S(=O)(=O)c1cc(Cl)ccc1Cl)Nc1ccc(F)c(F)c1. The van der Waals surface area contributed by atoms with Gasteiger partial charge in [-0.05, 0) is 35.9 Å². The Hall–Kier alpha value is -2.52. The number of rotatable bonds is 7. The molecule has 0 saturated heterocycles. The predicted octanol–water partition coefficient (Wildman–Crippen LogP) is 5.10. The number of carbonyl (C=O) groups is 1. The normalized spacial score (nSPS) is 11.5. The molecule has 0 spiro atoms. The Bertz CT molecular complexity index is 1210. The van der Waals surface area contributed by atoms with Crippen LogP contribution in [0.4, 0.5) is 14.5 Å². The first kappa shape index (κ1) is 23.1. The van der Waals surface area contributed by atoms with Gasteiger partial charge in [0.1, 0.15) is 4.90 Å². The molecule has 10 heteroatoms. The third-order valence-electron chi connectivity index (χ3n) is 4.24. The number of carbonyl (C=O) groups excluding carboxylic acids is 1. The van der Waals surface area contributed by atoms with Crippen LogP contribution < -0.4 is 5.32 Å². The van der Waals surface area contributed by atoms with Crippen LogP contribution in [0.3, 0.4) is 0 Å². The van der Waals surface area contributed by atoms with Crippen LogP contribution in [-0.4, -0.2) is 25.2 Å². The molecule has 0 heterocycles. The second kappa shape index (κ2) is 9.74. The maximum atomic E-state index is 13.4. The molecule has 1 N–H and O–H groups in total. The molecule has 0 bridgehead atoms. The molecule has 0 aliphatic heterocycles. The molecule has 3 rings (SSSR count). The van der Waals surface area contributed by atoms with Gasteiger partial charge in [0.25, 0.3) is 0 Å². The Balaban J connectivity index is 1.91. The zero-order chi connectivity index (χ0) is 22.6. The summed E-state index contributed by atoms with van der Waals surface area (Å²) in [7, 11) is -4.23. The molecule has 0 aromatic heterocycles. The topological polar surface area (TPSA) is 66.5 Å². The summed E-state index contributed by atoms with van der Waals surface area (Å²) in [5.41, 5.74) is 0.617. The van der Waals surface area contributed by atoms with Crippen LogP contribution in [0.5, 0.6) is 0 Å². The molecule has 0 aliphatic rings. The highest BCUT2D eigenvalue weighted by atomic mass is 35.5. The second-order valence-corrected chi connectivity index (χ2v) is 9.26. The van der Waals surface area contributed by atoms with E-state index in [1.165, 1.54) is 24.3 Å². The Labute approximate surface area is 188 Å². The summed E-state index contributed by atoms with van der Waals surface area (Å²) in [4.78, 5) is 12.3. The van der Waals surface area contributed by atoms with Gasteiger partial charge in [0.15, 0.2) is 11.6 Å². The molecule has 31 heavy (non-hydrogen) atoms. The molecular weight excluding hydrogens is 469 g/mol. The first-order valence-electron chi connectivity index (χ1n) is 8.91. The monoisotopic (exact) mass is 484 g/mol. The van der Waals surface area contributed by atoms with E-state index in [4.69, 9.17) is 23.2 Å². The number of anilines is 1. The average molecular weight is 485 g/mol. The molecule has 0 saturated carbocycles. The summed E-state index contributed by atoms with van der Waals surface area (Å²) >= 11 is 12.0. The van der Waals surface area contributed by atoms with Crippen LogP contribution in [0.2, 0.25) is 10.0 Å². The maximum absolute atomic E-state index is 13.4. The van der Waals surface area contributed by atoms with Crippen molar-refractivity contribution in [2.45, 2.75) is 11.4 Å². The lowest BCUT2D eigenvalue weighted by molar-refractivity contribution is -0.116. The van der Waals surface area contributed by atoms with E-state index in [1.807, 2.05) is 0 Å². The van der Waals surface area contributed by atoms with Crippen molar-refractivity contribution in [1.82, 2.24) is 4.31 Å². The third kappa shape index (κ3) is 5.80. The zero-order valence-electron chi connectivity index (χ0n) is 15.9. The van der Waals surface area contributed by atoms with Crippen LogP contribution in [0.1, 0.15) is 5.56 Å². The van der Waals surface area contributed by atoms with E-state index in [-0.39, 0.29) is 27.2 Å². The Kier molecular flexibility index (Phi) is 7.27. The predicted molar refractivity (Wildman–Crippen MR) is 115 cm³/mol. The molecule has 0 radical (unpaired) electrons. The van der Waals surface area contributed by atoms with Crippen LogP contribution in [0.15, 0.2) is 71.6 Å². The van der Waals surface area contributed by atoms with Gasteiger partial charge in [-0.15, -0.1) is 0 Å². The van der Waals surface area contributed by atoms with E-state index >= 15 is 0 Å². The Morgan fingerprint density at radius 1 is 0.935 bits per heavy atom. The van der Waals surface area contributed by atoms with Gasteiger partial charge in [-0.3, -0.25) is 4.79 Å². The van der Waals surface area contributed by atoms with Gasteiger partial charge < -0.3 is 5.32 Å². The minimum absolute atomic E-state index is 0.0123. The number of amides is 1. The number of nitrogens with one attached hydrogen (secondary N) is 1. The molecule has 0 unspecified atom stereocenters. The van der Waals surface area contributed by atoms with Crippen molar-refractivity contribution in [3.8, 4) is 0 Å². The lowest BCUT2D eigenvalue weighted by Gasteiger charge is -2.22. The molecule has 3 aromatic rings. The third-order valence-corrected chi connectivity index (χ3v) is 6.74. The summed E-state index contributed by atoms with van der Waals surface area (Å²) in [5.74, 6) is -2.96. The average Bonchev–Trinajstić information content (AvgIpc) is 2.72. The van der Waals surface area contributed by atoms with Gasteiger partial charge >= 0.3 is 0 Å². The summed E-state index contributed by atoms with van der Waals surface area (Å²) in [6, 6.07) is 15.5. The van der Waals surface area contributed by atoms with Gasteiger partial charge in [-0.1, -0.05) is 53.5 Å². The van der Waals surface area contributed by atoms with Crippen LogP contribution >= 0.6 is 23.2 Å². The van der Waals surface area contributed by atoms with Gasteiger partial charge in [0.05, 0.1) is 11.6 Å². The summed E-state index contributed by atoms with van der Waals surface area (Å²) < 4.78 is 54.0. The lowest BCUT2D eigenvalue weighted by atomic mass is 10.2. The highest BCUT2D eigenvalue weighted by molar-refractivity contribution is 7.89. The Morgan fingerprint density at radius 2 is 1.65 bits per heavy atom. The molecule has 0 fully saturated rings. The van der Waals surface area contributed by atoms with Gasteiger partial charge in [-0.2, -0.15) is 4.31 Å². The molecule has 1 amide bonds. The van der Waals surface area contributed by atoms with Crippen LogP contribution in [0, 0.1) is 11.6 Å². The lowest BCUT2D eigenvalue weighted by Crippen LogP contribution is -2.37. The molecule has 0 atom stereocenters.